The van der Waals surface area contributed by atoms with Crippen LogP contribution in [0.2, 0.25) is 10.0 Å². The Hall–Kier alpha value is -1.98. The van der Waals surface area contributed by atoms with Crippen molar-refractivity contribution in [2.75, 3.05) is 18.5 Å². The Morgan fingerprint density at radius 1 is 1.14 bits per heavy atom. The van der Waals surface area contributed by atoms with Crippen molar-refractivity contribution in [1.82, 2.24) is 5.32 Å². The van der Waals surface area contributed by atoms with Gasteiger partial charge in [-0.1, -0.05) is 29.3 Å². The summed E-state index contributed by atoms with van der Waals surface area (Å²) < 4.78 is 18.2. The normalized spacial score (nSPS) is 10.1. The van der Waals surface area contributed by atoms with Crippen LogP contribution in [0, 0.1) is 5.82 Å². The Labute approximate surface area is 137 Å². The van der Waals surface area contributed by atoms with Gasteiger partial charge in [-0.3, -0.25) is 0 Å². The number of hydrogen-bond acceptors (Lipinski definition) is 2. The maximum Gasteiger partial charge on any atom is 0.319 e. The molecule has 2 aromatic carbocycles. The molecule has 0 aromatic heterocycles. The molecule has 2 N–H and O–H groups in total. The van der Waals surface area contributed by atoms with Gasteiger partial charge >= 0.3 is 6.03 Å². The number of halogens is 3. The van der Waals surface area contributed by atoms with E-state index in [2.05, 4.69) is 10.6 Å². The number of anilines is 1. The molecule has 0 bridgehead atoms. The van der Waals surface area contributed by atoms with Crippen molar-refractivity contribution in [2.45, 2.75) is 0 Å². The molecule has 7 heteroatoms. The van der Waals surface area contributed by atoms with E-state index in [0.717, 1.165) is 0 Å². The zero-order valence-corrected chi connectivity index (χ0v) is 12.9. The first-order valence-corrected chi connectivity index (χ1v) is 7.18. The second kappa shape index (κ2) is 7.87. The molecule has 22 heavy (non-hydrogen) atoms. The van der Waals surface area contributed by atoms with Gasteiger partial charge in [-0.05, 0) is 30.3 Å². The van der Waals surface area contributed by atoms with Crippen molar-refractivity contribution in [2.24, 2.45) is 0 Å². The molecule has 0 fully saturated rings. The summed E-state index contributed by atoms with van der Waals surface area (Å²) in [5.41, 5.74) is 0.487. The summed E-state index contributed by atoms with van der Waals surface area (Å²) in [6.45, 7) is 0.476. The van der Waals surface area contributed by atoms with Gasteiger partial charge in [0.15, 0.2) is 0 Å². The topological polar surface area (TPSA) is 50.4 Å². The number of urea groups is 1. The maximum absolute atomic E-state index is 12.9. The minimum atomic E-state index is -0.416. The summed E-state index contributed by atoms with van der Waals surface area (Å²) in [5, 5.41) is 6.05. The van der Waals surface area contributed by atoms with E-state index >= 15 is 0 Å². The van der Waals surface area contributed by atoms with Crippen molar-refractivity contribution in [1.29, 1.82) is 0 Å². The standard InChI is InChI=1S/C15H13Cl2FN2O2/c16-10-6-11(17)8-13(7-10)20-15(21)19-4-5-22-14-3-1-2-12(18)9-14/h1-3,6-9H,4-5H2,(H2,19,20,21). The van der Waals surface area contributed by atoms with Crippen molar-refractivity contribution in [3.05, 3.63) is 58.3 Å². The van der Waals surface area contributed by atoms with Crippen molar-refractivity contribution in [3.8, 4) is 5.75 Å². The average Bonchev–Trinajstić information content (AvgIpc) is 2.42. The third kappa shape index (κ3) is 5.42. The van der Waals surface area contributed by atoms with E-state index < -0.39 is 6.03 Å². The van der Waals surface area contributed by atoms with Crippen molar-refractivity contribution < 1.29 is 13.9 Å². The first-order chi connectivity index (χ1) is 10.5. The Morgan fingerprint density at radius 3 is 2.55 bits per heavy atom. The second-order valence-corrected chi connectivity index (χ2v) is 5.22. The van der Waals surface area contributed by atoms with Crippen LogP contribution < -0.4 is 15.4 Å². The minimum absolute atomic E-state index is 0.215. The number of ether oxygens (including phenoxy) is 1. The van der Waals surface area contributed by atoms with Gasteiger partial charge in [0, 0.05) is 21.8 Å². The summed E-state index contributed by atoms with van der Waals surface area (Å²) in [6.07, 6.45) is 0. The first-order valence-electron chi connectivity index (χ1n) is 6.42. The highest BCUT2D eigenvalue weighted by molar-refractivity contribution is 6.35. The lowest BCUT2D eigenvalue weighted by atomic mass is 10.3. The second-order valence-electron chi connectivity index (χ2n) is 4.34. The van der Waals surface area contributed by atoms with E-state index in [1.807, 2.05) is 0 Å². The lowest BCUT2D eigenvalue weighted by Gasteiger charge is -2.09. The molecule has 0 unspecified atom stereocenters. The quantitative estimate of drug-likeness (QED) is 0.794. The number of carbonyl (C=O) groups excluding carboxylic acids is 1. The number of benzene rings is 2. The lowest BCUT2D eigenvalue weighted by molar-refractivity contribution is 0.247. The zero-order chi connectivity index (χ0) is 15.9. The molecule has 0 spiro atoms. The molecule has 2 amide bonds. The van der Waals surface area contributed by atoms with Crippen molar-refractivity contribution >= 4 is 34.9 Å². The van der Waals surface area contributed by atoms with Crippen LogP contribution in [0.25, 0.3) is 0 Å². The third-order valence-electron chi connectivity index (χ3n) is 2.57. The predicted molar refractivity (Wildman–Crippen MR) is 85.4 cm³/mol. The van der Waals surface area contributed by atoms with Crippen LogP contribution in [0.15, 0.2) is 42.5 Å². The summed E-state index contributed by atoms with van der Waals surface area (Å²) >= 11 is 11.7. The smallest absolute Gasteiger partial charge is 0.319 e. The van der Waals surface area contributed by atoms with Crippen LogP contribution >= 0.6 is 23.2 Å². The Morgan fingerprint density at radius 2 is 1.86 bits per heavy atom. The van der Waals surface area contributed by atoms with E-state index in [9.17, 15) is 9.18 Å². The Balaban J connectivity index is 1.74. The molecule has 0 aliphatic carbocycles. The summed E-state index contributed by atoms with van der Waals surface area (Å²) in [7, 11) is 0. The number of hydrogen-bond donors (Lipinski definition) is 2. The van der Waals surface area contributed by atoms with Crippen molar-refractivity contribution in [3.63, 3.8) is 0 Å². The highest BCUT2D eigenvalue weighted by atomic mass is 35.5. The van der Waals surface area contributed by atoms with Crippen LogP contribution in [-0.4, -0.2) is 19.2 Å². The van der Waals surface area contributed by atoms with Crippen LogP contribution in [0.3, 0.4) is 0 Å². The van der Waals surface area contributed by atoms with Gasteiger partial charge in [-0.25, -0.2) is 9.18 Å². The highest BCUT2D eigenvalue weighted by Gasteiger charge is 2.04. The molecule has 0 saturated heterocycles. The Bertz CT molecular complexity index is 647. The van der Waals surface area contributed by atoms with Crippen LogP contribution in [0.4, 0.5) is 14.9 Å². The number of rotatable bonds is 5. The number of nitrogens with one attached hydrogen (secondary N) is 2. The molecule has 116 valence electrons. The molecule has 2 rings (SSSR count). The van der Waals surface area contributed by atoms with Gasteiger partial charge in [0.1, 0.15) is 18.2 Å². The van der Waals surface area contributed by atoms with Crippen LogP contribution in [0.1, 0.15) is 0 Å². The minimum Gasteiger partial charge on any atom is -0.492 e. The van der Waals surface area contributed by atoms with Gasteiger partial charge in [-0.2, -0.15) is 0 Å². The van der Waals surface area contributed by atoms with Crippen LogP contribution in [-0.2, 0) is 0 Å². The molecule has 4 nitrogen and oxygen atoms in total. The highest BCUT2D eigenvalue weighted by Crippen LogP contribution is 2.22. The Kier molecular flexibility index (Phi) is 5.86. The van der Waals surface area contributed by atoms with Crippen LogP contribution in [0.5, 0.6) is 5.75 Å². The fourth-order valence-corrected chi connectivity index (χ4v) is 2.22. The van der Waals surface area contributed by atoms with E-state index in [4.69, 9.17) is 27.9 Å². The summed E-state index contributed by atoms with van der Waals surface area (Å²) in [6, 6.07) is 10.1. The maximum atomic E-state index is 12.9. The molecule has 2 aromatic rings. The predicted octanol–water partition coefficient (Wildman–Crippen LogP) is 4.33. The van der Waals surface area contributed by atoms with Gasteiger partial charge < -0.3 is 15.4 Å². The number of carbonyl (C=O) groups is 1. The number of amides is 2. The summed E-state index contributed by atoms with van der Waals surface area (Å²) in [4.78, 5) is 11.7. The van der Waals surface area contributed by atoms with E-state index in [1.165, 1.54) is 12.1 Å². The van der Waals surface area contributed by atoms with E-state index in [0.29, 0.717) is 21.5 Å². The van der Waals surface area contributed by atoms with E-state index in [1.54, 1.807) is 30.3 Å². The summed E-state index contributed by atoms with van der Waals surface area (Å²) in [5.74, 6) is 0.0323. The fourth-order valence-electron chi connectivity index (χ4n) is 1.69. The molecule has 0 aliphatic rings. The molecule has 0 atom stereocenters. The molecule has 0 heterocycles. The molecule has 0 saturated carbocycles. The lowest BCUT2D eigenvalue weighted by Crippen LogP contribution is -2.32. The fraction of sp³-hybridized carbons (Fsp3) is 0.133. The van der Waals surface area contributed by atoms with Gasteiger partial charge in [0.25, 0.3) is 0 Å². The molecule has 0 aliphatic heterocycles. The average molecular weight is 343 g/mol. The third-order valence-corrected chi connectivity index (χ3v) is 3.01. The van der Waals surface area contributed by atoms with Gasteiger partial charge in [0.2, 0.25) is 0 Å². The van der Waals surface area contributed by atoms with E-state index in [-0.39, 0.29) is 19.0 Å². The largest absolute Gasteiger partial charge is 0.492 e. The SMILES string of the molecule is O=C(NCCOc1cccc(F)c1)Nc1cc(Cl)cc(Cl)c1. The molecular formula is C15H13Cl2FN2O2. The first kappa shape index (κ1) is 16.4. The monoisotopic (exact) mass is 342 g/mol. The molecule has 0 radical (unpaired) electrons. The van der Waals surface area contributed by atoms with Gasteiger partial charge in [-0.15, -0.1) is 0 Å². The molecular weight excluding hydrogens is 330 g/mol. The zero-order valence-electron chi connectivity index (χ0n) is 11.4. The van der Waals surface area contributed by atoms with Gasteiger partial charge in [0.05, 0.1) is 6.54 Å².